The van der Waals surface area contributed by atoms with Gasteiger partial charge in [0.2, 0.25) is 0 Å². The fourth-order valence-corrected chi connectivity index (χ4v) is 3.18. The SMILES string of the molecule is O=C(NCc1ccc(-c2nc3ccccc3[nH]2)cc1)c1ccnc(C2CC2)n1. The number of fused-ring (bicyclic) bond motifs is 1. The normalized spacial score (nSPS) is 13.6. The first-order valence-electron chi connectivity index (χ1n) is 9.41. The van der Waals surface area contributed by atoms with Crippen molar-refractivity contribution in [1.82, 2.24) is 25.3 Å². The molecule has 28 heavy (non-hydrogen) atoms. The lowest BCUT2D eigenvalue weighted by Gasteiger charge is -2.06. The highest BCUT2D eigenvalue weighted by Crippen LogP contribution is 2.37. The summed E-state index contributed by atoms with van der Waals surface area (Å²) in [4.78, 5) is 29.0. The third kappa shape index (κ3) is 3.36. The third-order valence-corrected chi connectivity index (χ3v) is 4.92. The first kappa shape index (κ1) is 16.6. The van der Waals surface area contributed by atoms with E-state index in [4.69, 9.17) is 0 Å². The number of amides is 1. The quantitative estimate of drug-likeness (QED) is 0.560. The molecule has 138 valence electrons. The highest BCUT2D eigenvalue weighted by atomic mass is 16.1. The van der Waals surface area contributed by atoms with E-state index in [2.05, 4.69) is 25.3 Å². The largest absolute Gasteiger partial charge is 0.347 e. The van der Waals surface area contributed by atoms with Crippen molar-refractivity contribution in [2.24, 2.45) is 0 Å². The van der Waals surface area contributed by atoms with Crippen LogP contribution in [-0.2, 0) is 6.54 Å². The molecule has 0 bridgehead atoms. The van der Waals surface area contributed by atoms with E-state index in [0.717, 1.165) is 46.7 Å². The first-order valence-corrected chi connectivity index (χ1v) is 9.41. The third-order valence-electron chi connectivity index (χ3n) is 4.92. The van der Waals surface area contributed by atoms with Gasteiger partial charge in [-0.25, -0.2) is 15.0 Å². The summed E-state index contributed by atoms with van der Waals surface area (Å²) in [6, 6.07) is 17.6. The number of H-pyrrole nitrogens is 1. The molecule has 2 heterocycles. The molecule has 0 unspecified atom stereocenters. The number of aromatic amines is 1. The average molecular weight is 369 g/mol. The van der Waals surface area contributed by atoms with Gasteiger partial charge in [-0.3, -0.25) is 4.79 Å². The monoisotopic (exact) mass is 369 g/mol. The smallest absolute Gasteiger partial charge is 0.270 e. The van der Waals surface area contributed by atoms with E-state index in [1.165, 1.54) is 0 Å². The van der Waals surface area contributed by atoms with Gasteiger partial charge in [0.05, 0.1) is 11.0 Å². The first-order chi connectivity index (χ1) is 13.8. The molecule has 6 heteroatoms. The lowest BCUT2D eigenvalue weighted by atomic mass is 10.1. The van der Waals surface area contributed by atoms with E-state index < -0.39 is 0 Å². The van der Waals surface area contributed by atoms with Crippen molar-refractivity contribution in [2.45, 2.75) is 25.3 Å². The number of benzene rings is 2. The van der Waals surface area contributed by atoms with Crippen molar-refractivity contribution in [3.8, 4) is 11.4 Å². The molecule has 0 radical (unpaired) electrons. The Kier molecular flexibility index (Phi) is 4.09. The van der Waals surface area contributed by atoms with Gasteiger partial charge in [-0.1, -0.05) is 36.4 Å². The van der Waals surface area contributed by atoms with Crippen LogP contribution in [0.25, 0.3) is 22.4 Å². The van der Waals surface area contributed by atoms with Gasteiger partial charge in [0, 0.05) is 24.2 Å². The van der Waals surface area contributed by atoms with Crippen LogP contribution in [0, 0.1) is 0 Å². The van der Waals surface area contributed by atoms with Crippen LogP contribution in [0.15, 0.2) is 60.8 Å². The van der Waals surface area contributed by atoms with Gasteiger partial charge in [0.25, 0.3) is 5.91 Å². The zero-order valence-electron chi connectivity index (χ0n) is 15.2. The number of carbonyl (C=O) groups excluding carboxylic acids is 1. The Labute approximate surface area is 162 Å². The van der Waals surface area contributed by atoms with Crippen molar-refractivity contribution in [1.29, 1.82) is 0 Å². The summed E-state index contributed by atoms with van der Waals surface area (Å²) < 4.78 is 0. The standard InChI is InChI=1S/C22H19N5O/c28-22(19-11-12-23-20(27-19)15-9-10-15)24-13-14-5-7-16(8-6-14)21-25-17-3-1-2-4-18(17)26-21/h1-8,11-12,15H,9-10,13H2,(H,24,28)(H,25,26). The number of rotatable bonds is 5. The molecule has 0 saturated heterocycles. The fourth-order valence-electron chi connectivity index (χ4n) is 3.18. The number of hydrogen-bond donors (Lipinski definition) is 2. The summed E-state index contributed by atoms with van der Waals surface area (Å²) in [5.41, 5.74) is 4.42. The van der Waals surface area contributed by atoms with Crippen LogP contribution in [0.1, 0.15) is 40.6 Å². The number of imidazole rings is 1. The Morgan fingerprint density at radius 2 is 1.86 bits per heavy atom. The molecule has 6 nitrogen and oxygen atoms in total. The van der Waals surface area contributed by atoms with E-state index >= 15 is 0 Å². The zero-order chi connectivity index (χ0) is 18.9. The zero-order valence-corrected chi connectivity index (χ0v) is 15.2. The van der Waals surface area contributed by atoms with E-state index in [0.29, 0.717) is 18.2 Å². The topological polar surface area (TPSA) is 83.6 Å². The molecule has 0 spiro atoms. The number of nitrogens with one attached hydrogen (secondary N) is 2. The van der Waals surface area contributed by atoms with Crippen molar-refractivity contribution in [3.05, 3.63) is 77.9 Å². The molecule has 1 aliphatic carbocycles. The molecule has 1 saturated carbocycles. The molecule has 1 aliphatic rings. The van der Waals surface area contributed by atoms with E-state index in [1.807, 2.05) is 48.5 Å². The Bertz CT molecular complexity index is 1110. The van der Waals surface area contributed by atoms with Crippen molar-refractivity contribution < 1.29 is 4.79 Å². The van der Waals surface area contributed by atoms with Crippen LogP contribution in [0.4, 0.5) is 0 Å². The molecule has 2 aromatic heterocycles. The van der Waals surface area contributed by atoms with Gasteiger partial charge < -0.3 is 10.3 Å². The molecule has 5 rings (SSSR count). The highest BCUT2D eigenvalue weighted by Gasteiger charge is 2.27. The molecule has 0 atom stereocenters. The lowest BCUT2D eigenvalue weighted by Crippen LogP contribution is -2.24. The number of nitrogens with zero attached hydrogens (tertiary/aromatic N) is 3. The molecule has 1 amide bonds. The maximum atomic E-state index is 12.4. The van der Waals surface area contributed by atoms with Crippen LogP contribution < -0.4 is 5.32 Å². The number of carbonyl (C=O) groups is 1. The molecule has 1 fully saturated rings. The maximum absolute atomic E-state index is 12.4. The van der Waals surface area contributed by atoms with Gasteiger partial charge in [-0.15, -0.1) is 0 Å². The van der Waals surface area contributed by atoms with Gasteiger partial charge >= 0.3 is 0 Å². The number of para-hydroxylation sites is 2. The summed E-state index contributed by atoms with van der Waals surface area (Å²) in [6.07, 6.45) is 3.89. The molecular formula is C22H19N5O. The van der Waals surface area contributed by atoms with Gasteiger partial charge in [-0.2, -0.15) is 0 Å². The fraction of sp³-hybridized carbons (Fsp3) is 0.182. The van der Waals surface area contributed by atoms with Gasteiger partial charge in [-0.05, 0) is 36.6 Å². The Hall–Kier alpha value is -3.54. The van der Waals surface area contributed by atoms with Crippen LogP contribution >= 0.6 is 0 Å². The summed E-state index contributed by atoms with van der Waals surface area (Å²) in [6.45, 7) is 0.446. The number of hydrogen-bond acceptors (Lipinski definition) is 4. The molecule has 0 aliphatic heterocycles. The van der Waals surface area contributed by atoms with Crippen LogP contribution in [0.3, 0.4) is 0 Å². The summed E-state index contributed by atoms with van der Waals surface area (Å²) in [5.74, 6) is 1.87. The second-order valence-corrected chi connectivity index (χ2v) is 7.06. The Morgan fingerprint density at radius 1 is 1.04 bits per heavy atom. The summed E-state index contributed by atoms with van der Waals surface area (Å²) >= 11 is 0. The minimum Gasteiger partial charge on any atom is -0.347 e. The maximum Gasteiger partial charge on any atom is 0.270 e. The minimum atomic E-state index is -0.175. The minimum absolute atomic E-state index is 0.175. The second kappa shape index (κ2) is 6.88. The lowest BCUT2D eigenvalue weighted by molar-refractivity contribution is 0.0945. The summed E-state index contributed by atoms with van der Waals surface area (Å²) in [5, 5.41) is 2.93. The molecule has 2 aromatic carbocycles. The van der Waals surface area contributed by atoms with E-state index in [9.17, 15) is 4.79 Å². The summed E-state index contributed by atoms with van der Waals surface area (Å²) in [7, 11) is 0. The molecular weight excluding hydrogens is 350 g/mol. The van der Waals surface area contributed by atoms with Crippen LogP contribution in [0.2, 0.25) is 0 Å². The molecule has 2 N–H and O–H groups in total. The predicted octanol–water partition coefficient (Wildman–Crippen LogP) is 3.83. The number of aromatic nitrogens is 4. The van der Waals surface area contributed by atoms with Crippen molar-refractivity contribution in [3.63, 3.8) is 0 Å². The van der Waals surface area contributed by atoms with Crippen molar-refractivity contribution >= 4 is 16.9 Å². The Balaban J connectivity index is 1.26. The highest BCUT2D eigenvalue weighted by molar-refractivity contribution is 5.92. The average Bonchev–Trinajstić information content (AvgIpc) is 3.51. The van der Waals surface area contributed by atoms with E-state index in [-0.39, 0.29) is 5.91 Å². The van der Waals surface area contributed by atoms with Gasteiger partial charge in [0.1, 0.15) is 17.3 Å². The Morgan fingerprint density at radius 3 is 2.64 bits per heavy atom. The van der Waals surface area contributed by atoms with Gasteiger partial charge in [0.15, 0.2) is 0 Å². The second-order valence-electron chi connectivity index (χ2n) is 7.06. The molecule has 4 aromatic rings. The van der Waals surface area contributed by atoms with E-state index in [1.54, 1.807) is 12.3 Å². The predicted molar refractivity (Wildman–Crippen MR) is 107 cm³/mol. The van der Waals surface area contributed by atoms with Crippen molar-refractivity contribution in [2.75, 3.05) is 0 Å². The van der Waals surface area contributed by atoms with Crippen LogP contribution in [0.5, 0.6) is 0 Å². The van der Waals surface area contributed by atoms with Crippen LogP contribution in [-0.4, -0.2) is 25.8 Å².